The predicted octanol–water partition coefficient (Wildman–Crippen LogP) is 4.24. The van der Waals surface area contributed by atoms with Crippen LogP contribution in [0.2, 0.25) is 0 Å². The lowest BCUT2D eigenvalue weighted by atomic mass is 9.78. The summed E-state index contributed by atoms with van der Waals surface area (Å²) in [7, 11) is -3.37. The lowest BCUT2D eigenvalue weighted by Gasteiger charge is -2.40. The third-order valence-corrected chi connectivity index (χ3v) is 8.52. The number of carbonyl (C=O) groups excluding carboxylic acids is 1. The summed E-state index contributed by atoms with van der Waals surface area (Å²) in [6.07, 6.45) is 8.15. The SMILES string of the molecule is C=C(C(=O)NC1(CCN2CCc3ccc(C#N)cc3C2)CCCCC1)c1cccc(S(C)(=O)=O)c1. The van der Waals surface area contributed by atoms with Gasteiger partial charge in [0.25, 0.3) is 5.91 Å². The van der Waals surface area contributed by atoms with E-state index < -0.39 is 9.84 Å². The van der Waals surface area contributed by atoms with E-state index in [0.717, 1.165) is 64.4 Å². The number of nitrogens with one attached hydrogen (secondary N) is 1. The van der Waals surface area contributed by atoms with E-state index in [2.05, 4.69) is 28.9 Å². The second-order valence-electron chi connectivity index (χ2n) is 9.95. The van der Waals surface area contributed by atoms with E-state index in [4.69, 9.17) is 0 Å². The fourth-order valence-corrected chi connectivity index (χ4v) is 5.94. The molecule has 1 heterocycles. The van der Waals surface area contributed by atoms with Crippen LogP contribution in [0.3, 0.4) is 0 Å². The lowest BCUT2D eigenvalue weighted by molar-refractivity contribution is -0.118. The van der Waals surface area contributed by atoms with Gasteiger partial charge in [-0.3, -0.25) is 9.69 Å². The first-order valence-electron chi connectivity index (χ1n) is 12.3. The Hall–Kier alpha value is -2.95. The van der Waals surface area contributed by atoms with Crippen LogP contribution >= 0.6 is 0 Å². The molecule has 2 aromatic carbocycles. The molecule has 0 atom stereocenters. The van der Waals surface area contributed by atoms with Gasteiger partial charge in [0, 0.05) is 37.0 Å². The van der Waals surface area contributed by atoms with Gasteiger partial charge in [0.1, 0.15) is 0 Å². The van der Waals surface area contributed by atoms with Crippen molar-refractivity contribution in [3.63, 3.8) is 0 Å². The van der Waals surface area contributed by atoms with Gasteiger partial charge in [-0.05, 0) is 66.6 Å². The Bertz CT molecular complexity index is 1270. The monoisotopic (exact) mass is 491 g/mol. The zero-order chi connectivity index (χ0) is 25.1. The second kappa shape index (κ2) is 10.3. The van der Waals surface area contributed by atoms with Gasteiger partial charge in [-0.2, -0.15) is 5.26 Å². The second-order valence-corrected chi connectivity index (χ2v) is 12.0. The minimum atomic E-state index is -3.37. The average molecular weight is 492 g/mol. The van der Waals surface area contributed by atoms with Gasteiger partial charge in [-0.1, -0.05) is 44.0 Å². The molecule has 35 heavy (non-hydrogen) atoms. The van der Waals surface area contributed by atoms with Crippen molar-refractivity contribution in [2.45, 2.75) is 61.9 Å². The minimum Gasteiger partial charge on any atom is -0.347 e. The zero-order valence-corrected chi connectivity index (χ0v) is 21.2. The van der Waals surface area contributed by atoms with E-state index >= 15 is 0 Å². The molecule has 1 aliphatic heterocycles. The molecule has 0 radical (unpaired) electrons. The Morgan fingerprint density at radius 3 is 2.63 bits per heavy atom. The third-order valence-electron chi connectivity index (χ3n) is 7.41. The van der Waals surface area contributed by atoms with Gasteiger partial charge in [0.15, 0.2) is 9.84 Å². The maximum absolute atomic E-state index is 13.3. The summed E-state index contributed by atoms with van der Waals surface area (Å²) in [6, 6.07) is 14.6. The number of hydrogen-bond donors (Lipinski definition) is 1. The first-order chi connectivity index (χ1) is 16.7. The normalized spacial score (nSPS) is 17.7. The third kappa shape index (κ3) is 6.01. The van der Waals surface area contributed by atoms with Crippen LogP contribution in [-0.4, -0.2) is 44.1 Å². The van der Waals surface area contributed by atoms with Gasteiger partial charge < -0.3 is 5.32 Å². The van der Waals surface area contributed by atoms with E-state index in [-0.39, 0.29) is 21.9 Å². The molecular weight excluding hydrogens is 458 g/mol. The molecule has 1 saturated carbocycles. The summed E-state index contributed by atoms with van der Waals surface area (Å²) >= 11 is 0. The van der Waals surface area contributed by atoms with Crippen molar-refractivity contribution in [1.29, 1.82) is 5.26 Å². The lowest BCUT2D eigenvalue weighted by Crippen LogP contribution is -2.51. The Kier molecular flexibility index (Phi) is 7.44. The average Bonchev–Trinajstić information content (AvgIpc) is 2.86. The highest BCUT2D eigenvalue weighted by molar-refractivity contribution is 7.90. The molecule has 0 aromatic heterocycles. The van der Waals surface area contributed by atoms with E-state index in [9.17, 15) is 18.5 Å². The van der Waals surface area contributed by atoms with Crippen LogP contribution in [0.25, 0.3) is 5.57 Å². The van der Waals surface area contributed by atoms with Crippen LogP contribution in [0, 0.1) is 11.3 Å². The highest BCUT2D eigenvalue weighted by atomic mass is 32.2. The molecule has 2 aromatic rings. The minimum absolute atomic E-state index is 0.182. The summed E-state index contributed by atoms with van der Waals surface area (Å²) in [6.45, 7) is 6.65. The summed E-state index contributed by atoms with van der Waals surface area (Å²) in [5.41, 5.74) is 3.75. The number of hydrogen-bond acceptors (Lipinski definition) is 5. The van der Waals surface area contributed by atoms with Gasteiger partial charge in [0.05, 0.1) is 16.5 Å². The van der Waals surface area contributed by atoms with Crippen LogP contribution in [0.5, 0.6) is 0 Å². The van der Waals surface area contributed by atoms with Gasteiger partial charge in [-0.25, -0.2) is 8.42 Å². The largest absolute Gasteiger partial charge is 0.347 e. The summed E-state index contributed by atoms with van der Waals surface area (Å²) in [5, 5.41) is 12.5. The molecular formula is C28H33N3O3S. The van der Waals surface area contributed by atoms with E-state index in [0.29, 0.717) is 11.1 Å². The van der Waals surface area contributed by atoms with E-state index in [1.807, 2.05) is 12.1 Å². The summed E-state index contributed by atoms with van der Waals surface area (Å²) < 4.78 is 23.9. The van der Waals surface area contributed by atoms with Crippen molar-refractivity contribution >= 4 is 21.3 Å². The number of rotatable bonds is 7. The molecule has 0 unspecified atom stereocenters. The van der Waals surface area contributed by atoms with E-state index in [1.165, 1.54) is 29.7 Å². The smallest absolute Gasteiger partial charge is 0.251 e. The molecule has 7 heteroatoms. The topological polar surface area (TPSA) is 90.3 Å². The molecule has 0 saturated heterocycles. The molecule has 1 amide bonds. The molecule has 1 fully saturated rings. The Balaban J connectivity index is 1.45. The number of fused-ring (bicyclic) bond motifs is 1. The fourth-order valence-electron chi connectivity index (χ4n) is 5.28. The Morgan fingerprint density at radius 1 is 1.14 bits per heavy atom. The molecule has 184 valence electrons. The van der Waals surface area contributed by atoms with Crippen molar-refractivity contribution in [3.8, 4) is 6.07 Å². The van der Waals surface area contributed by atoms with Crippen molar-refractivity contribution < 1.29 is 13.2 Å². The zero-order valence-electron chi connectivity index (χ0n) is 20.3. The molecule has 6 nitrogen and oxygen atoms in total. The fraction of sp³-hybridized carbons (Fsp3) is 0.429. The van der Waals surface area contributed by atoms with E-state index in [1.54, 1.807) is 12.1 Å². The Morgan fingerprint density at radius 2 is 1.91 bits per heavy atom. The van der Waals surface area contributed by atoms with Crippen LogP contribution in [0.1, 0.15) is 60.8 Å². The van der Waals surface area contributed by atoms with Crippen molar-refractivity contribution in [2.24, 2.45) is 0 Å². The molecule has 1 N–H and O–H groups in total. The molecule has 4 rings (SSSR count). The van der Waals surface area contributed by atoms with Crippen LogP contribution < -0.4 is 5.32 Å². The molecule has 1 aliphatic carbocycles. The van der Waals surface area contributed by atoms with Gasteiger partial charge >= 0.3 is 0 Å². The number of nitrogens with zero attached hydrogens (tertiary/aromatic N) is 2. The molecule has 2 aliphatic rings. The summed E-state index contributed by atoms with van der Waals surface area (Å²) in [4.78, 5) is 15.9. The molecule has 0 spiro atoms. The maximum Gasteiger partial charge on any atom is 0.251 e. The quantitative estimate of drug-likeness (QED) is 0.585. The number of nitriles is 1. The van der Waals surface area contributed by atoms with Crippen LogP contribution in [-0.2, 0) is 27.6 Å². The number of benzene rings is 2. The summed E-state index contributed by atoms with van der Waals surface area (Å²) in [5.74, 6) is -0.236. The first-order valence-corrected chi connectivity index (χ1v) is 14.1. The van der Waals surface area contributed by atoms with Crippen LogP contribution in [0.15, 0.2) is 53.9 Å². The van der Waals surface area contributed by atoms with Crippen molar-refractivity contribution in [1.82, 2.24) is 10.2 Å². The molecule has 0 bridgehead atoms. The van der Waals surface area contributed by atoms with Crippen molar-refractivity contribution in [3.05, 3.63) is 71.3 Å². The number of amides is 1. The van der Waals surface area contributed by atoms with Gasteiger partial charge in [-0.15, -0.1) is 0 Å². The van der Waals surface area contributed by atoms with Crippen molar-refractivity contribution in [2.75, 3.05) is 19.3 Å². The van der Waals surface area contributed by atoms with Gasteiger partial charge in [0.2, 0.25) is 0 Å². The highest BCUT2D eigenvalue weighted by Gasteiger charge is 2.35. The number of sulfone groups is 1. The maximum atomic E-state index is 13.3. The predicted molar refractivity (Wildman–Crippen MR) is 137 cm³/mol. The number of carbonyl (C=O) groups is 1. The first kappa shape index (κ1) is 25.2. The van der Waals surface area contributed by atoms with Crippen LogP contribution in [0.4, 0.5) is 0 Å². The highest BCUT2D eigenvalue weighted by Crippen LogP contribution is 2.33. The standard InChI is InChI=1S/C28H33N3O3S/c1-21(24-7-6-8-26(18-24)35(2,33)34)27(32)30-28(12-4-3-5-13-28)14-16-31-15-11-23-10-9-22(19-29)17-25(23)20-31/h6-10,17-18H,1,3-5,11-16,20H2,2H3,(H,30,32). The Labute approximate surface area is 208 Å².